The van der Waals surface area contributed by atoms with E-state index in [0.29, 0.717) is 12.2 Å². The van der Waals surface area contributed by atoms with E-state index < -0.39 is 0 Å². The number of amides is 1. The largest absolute Gasteiger partial charge is 0.351 e. The van der Waals surface area contributed by atoms with Crippen molar-refractivity contribution in [1.29, 1.82) is 0 Å². The van der Waals surface area contributed by atoms with Gasteiger partial charge in [-0.05, 0) is 27.1 Å². The molecule has 6 nitrogen and oxygen atoms in total. The van der Waals surface area contributed by atoms with Gasteiger partial charge in [0.25, 0.3) is 5.91 Å². The van der Waals surface area contributed by atoms with Gasteiger partial charge in [0.2, 0.25) is 0 Å². The van der Waals surface area contributed by atoms with Crippen molar-refractivity contribution in [2.45, 2.75) is 6.42 Å². The number of aromatic nitrogens is 3. The Balaban J connectivity index is 2.25. The van der Waals surface area contributed by atoms with Crippen LogP contribution in [0.5, 0.6) is 0 Å². The van der Waals surface area contributed by atoms with E-state index in [2.05, 4.69) is 20.5 Å². The Morgan fingerprint density at radius 2 is 2.33 bits per heavy atom. The van der Waals surface area contributed by atoms with E-state index >= 15 is 0 Å². The summed E-state index contributed by atoms with van der Waals surface area (Å²) in [4.78, 5) is 13.5. The molecule has 1 amide bonds. The first-order valence-electron chi connectivity index (χ1n) is 4.89. The highest BCUT2D eigenvalue weighted by Gasteiger charge is 2.08. The van der Waals surface area contributed by atoms with Crippen LogP contribution in [-0.4, -0.2) is 53.0 Å². The molecule has 0 fully saturated rings. The van der Waals surface area contributed by atoms with Crippen LogP contribution in [0.2, 0.25) is 0 Å². The molecular formula is C9H17N5O. The monoisotopic (exact) mass is 211 g/mol. The molecule has 1 N–H and O–H groups in total. The summed E-state index contributed by atoms with van der Waals surface area (Å²) in [5.74, 6) is -0.165. The lowest BCUT2D eigenvalue weighted by Crippen LogP contribution is -2.27. The Morgan fingerprint density at radius 3 is 2.87 bits per heavy atom. The Labute approximate surface area is 89.3 Å². The average molecular weight is 211 g/mol. The van der Waals surface area contributed by atoms with Crippen LogP contribution in [0.4, 0.5) is 0 Å². The summed E-state index contributed by atoms with van der Waals surface area (Å²) < 4.78 is 1.51. The lowest BCUT2D eigenvalue weighted by Gasteiger charge is -2.08. The standard InChI is InChI=1S/C9H17N5O/c1-13(2)6-4-5-10-9(15)8-7-14(3)12-11-8/h7H,4-6H2,1-3H3,(H,10,15). The number of rotatable bonds is 5. The SMILES string of the molecule is CN(C)CCCNC(=O)c1cn(C)nn1. The lowest BCUT2D eigenvalue weighted by molar-refractivity contribution is 0.0947. The predicted molar refractivity (Wildman–Crippen MR) is 56.5 cm³/mol. The molecule has 0 radical (unpaired) electrons. The van der Waals surface area contributed by atoms with Crippen molar-refractivity contribution in [1.82, 2.24) is 25.2 Å². The van der Waals surface area contributed by atoms with Gasteiger partial charge in [-0.2, -0.15) is 0 Å². The molecule has 6 heteroatoms. The second-order valence-corrected chi connectivity index (χ2v) is 3.69. The lowest BCUT2D eigenvalue weighted by atomic mass is 10.3. The maximum absolute atomic E-state index is 11.5. The number of hydrogen-bond acceptors (Lipinski definition) is 4. The molecule has 0 bridgehead atoms. The first-order chi connectivity index (χ1) is 7.09. The Bertz CT molecular complexity index is 320. The minimum absolute atomic E-state index is 0.165. The normalized spacial score (nSPS) is 10.7. The fourth-order valence-corrected chi connectivity index (χ4v) is 1.14. The zero-order chi connectivity index (χ0) is 11.3. The first kappa shape index (κ1) is 11.6. The number of nitrogens with zero attached hydrogens (tertiary/aromatic N) is 4. The van der Waals surface area contributed by atoms with Crippen molar-refractivity contribution in [3.8, 4) is 0 Å². The zero-order valence-corrected chi connectivity index (χ0v) is 9.40. The van der Waals surface area contributed by atoms with Gasteiger partial charge in [0.05, 0.1) is 6.20 Å². The van der Waals surface area contributed by atoms with Crippen LogP contribution in [0.1, 0.15) is 16.9 Å². The van der Waals surface area contributed by atoms with Crippen LogP contribution < -0.4 is 5.32 Å². The molecule has 0 unspecified atom stereocenters. The zero-order valence-electron chi connectivity index (χ0n) is 9.40. The van der Waals surface area contributed by atoms with E-state index in [1.807, 2.05) is 14.1 Å². The summed E-state index contributed by atoms with van der Waals surface area (Å²) in [5.41, 5.74) is 0.363. The summed E-state index contributed by atoms with van der Waals surface area (Å²) in [6.07, 6.45) is 2.53. The topological polar surface area (TPSA) is 63.1 Å². The predicted octanol–water partition coefficient (Wildman–Crippen LogP) is -0.503. The third-order valence-electron chi connectivity index (χ3n) is 1.90. The third kappa shape index (κ3) is 4.07. The molecule has 1 rings (SSSR count). The minimum Gasteiger partial charge on any atom is -0.351 e. The molecule has 0 aliphatic rings. The fraction of sp³-hybridized carbons (Fsp3) is 0.667. The van der Waals surface area contributed by atoms with Crippen molar-refractivity contribution < 1.29 is 4.79 Å². The van der Waals surface area contributed by atoms with Crippen molar-refractivity contribution in [2.75, 3.05) is 27.2 Å². The maximum atomic E-state index is 11.5. The minimum atomic E-state index is -0.165. The molecule has 0 aliphatic heterocycles. The van der Waals surface area contributed by atoms with E-state index in [9.17, 15) is 4.79 Å². The second-order valence-electron chi connectivity index (χ2n) is 3.69. The molecule has 1 heterocycles. The van der Waals surface area contributed by atoms with Crippen LogP contribution in [0.3, 0.4) is 0 Å². The summed E-state index contributed by atoms with van der Waals surface area (Å²) in [6, 6.07) is 0. The average Bonchev–Trinajstić information content (AvgIpc) is 2.59. The highest BCUT2D eigenvalue weighted by Crippen LogP contribution is 1.91. The molecule has 0 atom stereocenters. The van der Waals surface area contributed by atoms with Crippen LogP contribution >= 0.6 is 0 Å². The van der Waals surface area contributed by atoms with Gasteiger partial charge in [0.1, 0.15) is 0 Å². The molecule has 1 aromatic rings. The van der Waals surface area contributed by atoms with Crippen molar-refractivity contribution in [3.63, 3.8) is 0 Å². The van der Waals surface area contributed by atoms with Crippen LogP contribution in [0.25, 0.3) is 0 Å². The number of aryl methyl sites for hydroxylation is 1. The second kappa shape index (κ2) is 5.45. The Morgan fingerprint density at radius 1 is 1.60 bits per heavy atom. The summed E-state index contributed by atoms with van der Waals surface area (Å²) in [5, 5.41) is 10.2. The van der Waals surface area contributed by atoms with E-state index in [1.54, 1.807) is 13.2 Å². The van der Waals surface area contributed by atoms with Crippen molar-refractivity contribution in [2.24, 2.45) is 7.05 Å². The van der Waals surface area contributed by atoms with Gasteiger partial charge in [-0.1, -0.05) is 5.21 Å². The molecule has 0 spiro atoms. The van der Waals surface area contributed by atoms with Gasteiger partial charge in [-0.15, -0.1) is 5.10 Å². The van der Waals surface area contributed by atoms with Crippen LogP contribution in [-0.2, 0) is 7.05 Å². The van der Waals surface area contributed by atoms with Gasteiger partial charge in [0.15, 0.2) is 5.69 Å². The van der Waals surface area contributed by atoms with E-state index in [-0.39, 0.29) is 5.91 Å². The summed E-state index contributed by atoms with van der Waals surface area (Å²) in [7, 11) is 5.74. The molecule has 0 saturated heterocycles. The summed E-state index contributed by atoms with van der Waals surface area (Å²) >= 11 is 0. The van der Waals surface area contributed by atoms with Crippen molar-refractivity contribution >= 4 is 5.91 Å². The number of hydrogen-bond donors (Lipinski definition) is 1. The fourth-order valence-electron chi connectivity index (χ4n) is 1.14. The van der Waals surface area contributed by atoms with E-state index in [4.69, 9.17) is 0 Å². The van der Waals surface area contributed by atoms with Gasteiger partial charge in [-0.25, -0.2) is 0 Å². The molecule has 1 aromatic heterocycles. The number of nitrogens with one attached hydrogen (secondary N) is 1. The van der Waals surface area contributed by atoms with Gasteiger partial charge < -0.3 is 10.2 Å². The van der Waals surface area contributed by atoms with E-state index in [1.165, 1.54) is 4.68 Å². The molecule has 0 saturated carbocycles. The summed E-state index contributed by atoms with van der Waals surface area (Å²) in [6.45, 7) is 1.62. The third-order valence-corrected chi connectivity index (χ3v) is 1.90. The maximum Gasteiger partial charge on any atom is 0.273 e. The molecule has 0 aliphatic carbocycles. The van der Waals surface area contributed by atoms with Crippen molar-refractivity contribution in [3.05, 3.63) is 11.9 Å². The highest BCUT2D eigenvalue weighted by molar-refractivity contribution is 5.91. The Kier molecular flexibility index (Phi) is 4.23. The first-order valence-corrected chi connectivity index (χ1v) is 4.89. The van der Waals surface area contributed by atoms with Crippen LogP contribution in [0, 0.1) is 0 Å². The molecular weight excluding hydrogens is 194 g/mol. The van der Waals surface area contributed by atoms with E-state index in [0.717, 1.165) is 13.0 Å². The highest BCUT2D eigenvalue weighted by atomic mass is 16.1. The van der Waals surface area contributed by atoms with Gasteiger partial charge in [0, 0.05) is 13.6 Å². The molecule has 15 heavy (non-hydrogen) atoms. The molecule has 84 valence electrons. The number of carbonyl (C=O) groups is 1. The quantitative estimate of drug-likeness (QED) is 0.667. The Hall–Kier alpha value is -1.43. The van der Waals surface area contributed by atoms with Crippen LogP contribution in [0.15, 0.2) is 6.20 Å². The smallest absolute Gasteiger partial charge is 0.273 e. The molecule has 0 aromatic carbocycles. The van der Waals surface area contributed by atoms with Gasteiger partial charge >= 0.3 is 0 Å². The van der Waals surface area contributed by atoms with Gasteiger partial charge in [-0.3, -0.25) is 9.48 Å². The number of carbonyl (C=O) groups excluding carboxylic acids is 1.